The van der Waals surface area contributed by atoms with Gasteiger partial charge in [-0.3, -0.25) is 0 Å². The first-order valence-corrected chi connectivity index (χ1v) is 8.76. The zero-order valence-corrected chi connectivity index (χ0v) is 10.6. The second-order valence-corrected chi connectivity index (χ2v) is 8.58. The smallest absolute Gasteiger partial charge is 0.203 e. The van der Waals surface area contributed by atoms with Crippen LogP contribution in [-0.2, 0) is 7.01 Å². The summed E-state index contributed by atoms with van der Waals surface area (Å²) in [7, 11) is -2.74. The number of halogens is 2. The first-order chi connectivity index (χ1) is 4.56. The highest BCUT2D eigenvalue weighted by molar-refractivity contribution is 14.2. The molecule has 0 bridgehead atoms. The summed E-state index contributed by atoms with van der Waals surface area (Å²) in [6.07, 6.45) is 2.98. The van der Waals surface area contributed by atoms with Crippen LogP contribution in [0.2, 0.25) is 0 Å². The van der Waals surface area contributed by atoms with Gasteiger partial charge in [0.15, 0.2) is 0 Å². The summed E-state index contributed by atoms with van der Waals surface area (Å²) in [4.78, 5) is 0. The number of hydrogen-bond acceptors (Lipinski definition) is 2. The van der Waals surface area contributed by atoms with Gasteiger partial charge >= 0.3 is 0 Å². The molecule has 0 aromatic heterocycles. The van der Waals surface area contributed by atoms with Gasteiger partial charge in [0.25, 0.3) is 0 Å². The molecule has 0 amide bonds. The van der Waals surface area contributed by atoms with Crippen LogP contribution in [0.5, 0.6) is 0 Å². The molecular weight excluding hydrogens is 378 g/mol. The Morgan fingerprint density at radius 1 is 1.10 bits per heavy atom. The fourth-order valence-corrected chi connectivity index (χ4v) is 2.57. The second kappa shape index (κ2) is 5.99. The molecule has 0 heterocycles. The molecule has 0 spiro atoms. The molecule has 0 unspecified atom stereocenters. The number of rotatable bonds is 5. The third kappa shape index (κ3) is 9.41. The van der Waals surface area contributed by atoms with Crippen molar-refractivity contribution in [1.29, 1.82) is 0 Å². The Bertz CT molecular complexity index is 164. The molecule has 0 aliphatic carbocycles. The van der Waals surface area contributed by atoms with E-state index in [4.69, 9.17) is 0 Å². The molecule has 0 rings (SSSR count). The summed E-state index contributed by atoms with van der Waals surface area (Å²) >= 11 is 3.80. The summed E-state index contributed by atoms with van der Waals surface area (Å²) in [5, 5.41) is 0. The van der Waals surface area contributed by atoms with Crippen LogP contribution < -0.4 is 0 Å². The zero-order chi connectivity index (χ0) is 8.04. The highest BCUT2D eigenvalue weighted by Gasteiger charge is 2.01. The van der Waals surface area contributed by atoms with E-state index in [1.165, 1.54) is 21.2 Å². The minimum Gasteiger partial charge on any atom is -0.218 e. The van der Waals surface area contributed by atoms with Crippen molar-refractivity contribution in [2.45, 2.75) is 19.3 Å². The molecule has 0 aromatic rings. The van der Waals surface area contributed by atoms with Crippen LogP contribution in [0.25, 0.3) is 0 Å². The molecule has 0 aliphatic rings. The lowest BCUT2D eigenvalue weighted by molar-refractivity contribution is 0.608. The average Bonchev–Trinajstić information content (AvgIpc) is 1.78. The maximum absolute atomic E-state index is 10.6. The molecule has 0 aromatic carbocycles. The fraction of sp³-hybridized carbons (Fsp3) is 1.00. The molecule has 5 heteroatoms. The molecule has 2 nitrogen and oxygen atoms in total. The van der Waals surface area contributed by atoms with Crippen LogP contribution in [0.4, 0.5) is 0 Å². The van der Waals surface area contributed by atoms with E-state index >= 15 is 0 Å². The van der Waals surface area contributed by atoms with Crippen molar-refractivity contribution in [3.63, 3.8) is 0 Å². The van der Waals surface area contributed by atoms with E-state index in [-0.39, 0.29) is 0 Å². The van der Waals surface area contributed by atoms with Gasteiger partial charge in [-0.2, -0.15) is 0 Å². The summed E-state index contributed by atoms with van der Waals surface area (Å²) in [6.45, 7) is 0. The Morgan fingerprint density at radius 3 is 2.10 bits per heavy atom. The van der Waals surface area contributed by atoms with Gasteiger partial charge in [-0.25, -0.2) is 8.42 Å². The molecule has 0 saturated heterocycles. The fourth-order valence-electron chi connectivity index (χ4n) is 0.546. The predicted molar refractivity (Wildman–Crippen MR) is 60.5 cm³/mol. The third-order valence-electron chi connectivity index (χ3n) is 1.02. The molecule has 10 heavy (non-hydrogen) atoms. The summed E-state index contributed by atoms with van der Waals surface area (Å²) in [6, 6.07) is 0. The van der Waals surface area contributed by atoms with Crippen LogP contribution in [0.1, 0.15) is 19.3 Å². The summed E-state index contributed by atoms with van der Waals surface area (Å²) < 4.78 is 22.3. The Kier molecular flexibility index (Phi) is 6.83. The molecule has 0 radical (unpaired) electrons. The van der Waals surface area contributed by atoms with Crippen LogP contribution >= 0.6 is 43.8 Å². The van der Waals surface area contributed by atoms with E-state index in [0.717, 1.165) is 23.7 Å². The van der Waals surface area contributed by atoms with E-state index in [9.17, 15) is 8.42 Å². The zero-order valence-electron chi connectivity index (χ0n) is 5.52. The average molecular weight is 388 g/mol. The van der Waals surface area contributed by atoms with Gasteiger partial charge in [-0.05, 0) is 17.3 Å². The largest absolute Gasteiger partial charge is 0.218 e. The normalized spacial score (nSPS) is 11.8. The van der Waals surface area contributed by atoms with Crippen molar-refractivity contribution >= 4 is 50.8 Å². The van der Waals surface area contributed by atoms with Crippen molar-refractivity contribution in [2.75, 3.05) is 10.2 Å². The topological polar surface area (TPSA) is 34.1 Å². The Hall–Kier alpha value is 1.41. The summed E-state index contributed by atoms with van der Waals surface area (Å²) in [5.74, 6) is 0.337. The van der Waals surface area contributed by atoms with Gasteiger partial charge in [0.1, 0.15) is 0 Å². The van der Waals surface area contributed by atoms with Gasteiger partial charge in [0.2, 0.25) is 7.01 Å². The Labute approximate surface area is 87.8 Å². The van der Waals surface area contributed by atoms with Gasteiger partial charge < -0.3 is 0 Å². The number of hydrogen-bond donors (Lipinski definition) is 0. The highest BCUT2D eigenvalue weighted by Crippen LogP contribution is 2.07. The van der Waals surface area contributed by atoms with E-state index in [2.05, 4.69) is 22.6 Å². The van der Waals surface area contributed by atoms with Crippen molar-refractivity contribution in [3.8, 4) is 0 Å². The second-order valence-electron chi connectivity index (χ2n) is 1.99. The van der Waals surface area contributed by atoms with Crippen molar-refractivity contribution < 1.29 is 8.42 Å². The molecule has 0 atom stereocenters. The van der Waals surface area contributed by atoms with E-state index in [0.29, 0.717) is 5.75 Å². The van der Waals surface area contributed by atoms with Crippen molar-refractivity contribution in [1.82, 2.24) is 0 Å². The Morgan fingerprint density at radius 2 is 1.70 bits per heavy atom. The molecule has 0 aliphatic heterocycles. The minimum absolute atomic E-state index is 0.337. The van der Waals surface area contributed by atoms with E-state index < -0.39 is 7.01 Å². The first kappa shape index (κ1) is 11.4. The quantitative estimate of drug-likeness (QED) is 0.314. The standard InChI is InChI=1S/C5H10I2O2S/c6-4-2-1-3-5-10(7,8)9/h1-5H2. The third-order valence-corrected chi connectivity index (χ3v) is 3.88. The van der Waals surface area contributed by atoms with E-state index in [1.807, 2.05) is 0 Å². The number of alkyl halides is 1. The van der Waals surface area contributed by atoms with Crippen LogP contribution in [0.15, 0.2) is 0 Å². The lowest BCUT2D eigenvalue weighted by Gasteiger charge is -1.94. The Balaban J connectivity index is 3.21. The maximum Gasteiger partial charge on any atom is 0.203 e. The molecule has 0 fully saturated rings. The minimum atomic E-state index is -2.74. The van der Waals surface area contributed by atoms with Crippen LogP contribution in [0, 0.1) is 0 Å². The van der Waals surface area contributed by atoms with Crippen molar-refractivity contribution in [2.24, 2.45) is 0 Å². The van der Waals surface area contributed by atoms with E-state index in [1.54, 1.807) is 0 Å². The number of unbranched alkanes of at least 4 members (excludes halogenated alkanes) is 2. The molecule has 62 valence electrons. The first-order valence-electron chi connectivity index (χ1n) is 3.04. The SMILES string of the molecule is O=S(=O)(I)CCCCCI. The molecular formula is C5H10I2O2S. The van der Waals surface area contributed by atoms with Gasteiger partial charge in [-0.1, -0.05) is 29.0 Å². The van der Waals surface area contributed by atoms with Crippen molar-refractivity contribution in [3.05, 3.63) is 0 Å². The van der Waals surface area contributed by atoms with Gasteiger partial charge in [-0.15, -0.1) is 0 Å². The lowest BCUT2D eigenvalue weighted by Crippen LogP contribution is -1.95. The van der Waals surface area contributed by atoms with Gasteiger partial charge in [0.05, 0.1) is 27.0 Å². The maximum atomic E-state index is 10.6. The summed E-state index contributed by atoms with van der Waals surface area (Å²) in [5.41, 5.74) is 0. The highest BCUT2D eigenvalue weighted by atomic mass is 127. The monoisotopic (exact) mass is 388 g/mol. The lowest BCUT2D eigenvalue weighted by atomic mass is 10.3. The predicted octanol–water partition coefficient (Wildman–Crippen LogP) is 2.36. The van der Waals surface area contributed by atoms with Gasteiger partial charge in [0, 0.05) is 0 Å². The van der Waals surface area contributed by atoms with Crippen LogP contribution in [0.3, 0.4) is 0 Å². The molecule has 0 N–H and O–H groups in total. The molecule has 0 saturated carbocycles. The van der Waals surface area contributed by atoms with Crippen LogP contribution in [-0.4, -0.2) is 18.6 Å².